The van der Waals surface area contributed by atoms with Gasteiger partial charge in [-0.25, -0.2) is 14.0 Å². The van der Waals surface area contributed by atoms with E-state index in [1.165, 1.54) is 12.1 Å². The monoisotopic (exact) mass is 288 g/mol. The maximum Gasteiger partial charge on any atom is 0.338 e. The molecule has 5 heteroatoms. The van der Waals surface area contributed by atoms with Crippen LogP contribution in [0.25, 0.3) is 11.1 Å². The van der Waals surface area contributed by atoms with Crippen LogP contribution in [0.15, 0.2) is 42.5 Å². The summed E-state index contributed by atoms with van der Waals surface area (Å²) in [6, 6.07) is 9.92. The van der Waals surface area contributed by atoms with Gasteiger partial charge < -0.3 is 9.84 Å². The summed E-state index contributed by atoms with van der Waals surface area (Å²) < 4.78 is 18.3. The predicted molar refractivity (Wildman–Crippen MR) is 74.8 cm³/mol. The Labute approximate surface area is 120 Å². The van der Waals surface area contributed by atoms with E-state index in [0.29, 0.717) is 16.7 Å². The summed E-state index contributed by atoms with van der Waals surface area (Å²) in [7, 11) is 0. The van der Waals surface area contributed by atoms with Gasteiger partial charge in [0, 0.05) is 0 Å². The molecule has 0 spiro atoms. The van der Waals surface area contributed by atoms with E-state index in [1.807, 2.05) is 0 Å². The molecule has 2 aromatic rings. The van der Waals surface area contributed by atoms with Gasteiger partial charge in [-0.1, -0.05) is 12.1 Å². The van der Waals surface area contributed by atoms with Gasteiger partial charge in [0.15, 0.2) is 0 Å². The number of aromatic carboxylic acids is 1. The molecule has 0 amide bonds. The van der Waals surface area contributed by atoms with E-state index in [4.69, 9.17) is 9.84 Å². The van der Waals surface area contributed by atoms with Crippen LogP contribution in [0.4, 0.5) is 4.39 Å². The van der Waals surface area contributed by atoms with Crippen molar-refractivity contribution in [3.05, 3.63) is 59.4 Å². The molecule has 0 aliphatic carbocycles. The number of ether oxygens (including phenoxy) is 1. The number of rotatable bonds is 4. The Kier molecular flexibility index (Phi) is 4.33. The summed E-state index contributed by atoms with van der Waals surface area (Å²) in [6.45, 7) is 2.00. The minimum absolute atomic E-state index is 0.125. The van der Waals surface area contributed by atoms with Crippen LogP contribution in [-0.2, 0) is 4.74 Å². The van der Waals surface area contributed by atoms with E-state index in [1.54, 1.807) is 31.2 Å². The third-order valence-corrected chi connectivity index (χ3v) is 2.87. The Balaban J connectivity index is 2.34. The van der Waals surface area contributed by atoms with E-state index in [9.17, 15) is 14.0 Å². The number of hydrogen-bond donors (Lipinski definition) is 1. The highest BCUT2D eigenvalue weighted by atomic mass is 19.1. The van der Waals surface area contributed by atoms with Gasteiger partial charge in [0.2, 0.25) is 0 Å². The van der Waals surface area contributed by atoms with Crippen LogP contribution in [0.3, 0.4) is 0 Å². The number of benzene rings is 2. The fraction of sp³-hybridized carbons (Fsp3) is 0.125. The molecule has 0 unspecified atom stereocenters. The maximum absolute atomic E-state index is 13.4. The highest BCUT2D eigenvalue weighted by Gasteiger charge is 2.10. The number of esters is 1. The Morgan fingerprint density at radius 1 is 1.05 bits per heavy atom. The van der Waals surface area contributed by atoms with Crippen LogP contribution >= 0.6 is 0 Å². The van der Waals surface area contributed by atoms with Crippen LogP contribution in [0.2, 0.25) is 0 Å². The number of carboxylic acids is 1. The zero-order valence-corrected chi connectivity index (χ0v) is 11.3. The quantitative estimate of drug-likeness (QED) is 0.876. The second kappa shape index (κ2) is 6.17. The van der Waals surface area contributed by atoms with Crippen molar-refractivity contribution >= 4 is 11.9 Å². The molecular formula is C16H13FO4. The molecule has 2 aromatic carbocycles. The second-order valence-corrected chi connectivity index (χ2v) is 4.33. The summed E-state index contributed by atoms with van der Waals surface area (Å²) in [5.41, 5.74) is 1.31. The van der Waals surface area contributed by atoms with Crippen molar-refractivity contribution in [3.63, 3.8) is 0 Å². The number of carbonyl (C=O) groups excluding carboxylic acids is 1. The minimum atomic E-state index is -1.20. The molecule has 0 saturated carbocycles. The molecule has 1 N–H and O–H groups in total. The lowest BCUT2D eigenvalue weighted by Crippen LogP contribution is -2.04. The van der Waals surface area contributed by atoms with Gasteiger partial charge in [0.1, 0.15) is 5.82 Å². The van der Waals surface area contributed by atoms with Crippen molar-refractivity contribution in [1.29, 1.82) is 0 Å². The first-order chi connectivity index (χ1) is 10.0. The molecule has 0 aliphatic heterocycles. The normalized spacial score (nSPS) is 10.2. The summed E-state index contributed by atoms with van der Waals surface area (Å²) in [4.78, 5) is 22.5. The zero-order valence-electron chi connectivity index (χ0n) is 11.3. The molecule has 0 fully saturated rings. The topological polar surface area (TPSA) is 63.6 Å². The van der Waals surface area contributed by atoms with Gasteiger partial charge in [0.25, 0.3) is 0 Å². The van der Waals surface area contributed by atoms with Crippen LogP contribution in [0, 0.1) is 5.82 Å². The fourth-order valence-electron chi connectivity index (χ4n) is 1.89. The van der Waals surface area contributed by atoms with Crippen LogP contribution in [-0.4, -0.2) is 23.7 Å². The molecule has 0 atom stereocenters. The highest BCUT2D eigenvalue weighted by molar-refractivity contribution is 5.91. The molecular weight excluding hydrogens is 275 g/mol. The highest BCUT2D eigenvalue weighted by Crippen LogP contribution is 2.23. The molecule has 2 rings (SSSR count). The molecule has 21 heavy (non-hydrogen) atoms. The van der Waals surface area contributed by atoms with E-state index in [2.05, 4.69) is 0 Å². The lowest BCUT2D eigenvalue weighted by Gasteiger charge is -2.06. The van der Waals surface area contributed by atoms with E-state index in [-0.39, 0.29) is 12.2 Å². The van der Waals surface area contributed by atoms with Crippen molar-refractivity contribution in [2.24, 2.45) is 0 Å². The molecule has 0 aliphatic rings. The largest absolute Gasteiger partial charge is 0.478 e. The average molecular weight is 288 g/mol. The van der Waals surface area contributed by atoms with Crippen molar-refractivity contribution < 1.29 is 23.8 Å². The molecule has 0 radical (unpaired) electrons. The standard InChI is InChI=1S/C16H13FO4/c1-2-21-16(20)11-5-3-10(4-6-11)12-7-13(15(18)19)9-14(17)8-12/h3-9H,2H2,1H3,(H,18,19). The lowest BCUT2D eigenvalue weighted by atomic mass is 10.0. The first-order valence-corrected chi connectivity index (χ1v) is 6.32. The predicted octanol–water partition coefficient (Wildman–Crippen LogP) is 3.37. The number of carbonyl (C=O) groups is 2. The summed E-state index contributed by atoms with van der Waals surface area (Å²) in [6.07, 6.45) is 0. The van der Waals surface area contributed by atoms with Gasteiger partial charge in [-0.05, 0) is 48.4 Å². The molecule has 4 nitrogen and oxygen atoms in total. The summed E-state index contributed by atoms with van der Waals surface area (Å²) in [5, 5.41) is 8.93. The minimum Gasteiger partial charge on any atom is -0.478 e. The molecule has 108 valence electrons. The van der Waals surface area contributed by atoms with Gasteiger partial charge in [-0.3, -0.25) is 0 Å². The summed E-state index contributed by atoms with van der Waals surface area (Å²) >= 11 is 0. The lowest BCUT2D eigenvalue weighted by molar-refractivity contribution is 0.0526. The van der Waals surface area contributed by atoms with Crippen LogP contribution in [0.5, 0.6) is 0 Å². The molecule has 0 aromatic heterocycles. The Bertz CT molecular complexity index is 677. The zero-order chi connectivity index (χ0) is 15.4. The van der Waals surface area contributed by atoms with Crippen molar-refractivity contribution in [1.82, 2.24) is 0 Å². The Morgan fingerprint density at radius 2 is 1.71 bits per heavy atom. The second-order valence-electron chi connectivity index (χ2n) is 4.33. The van der Waals surface area contributed by atoms with Crippen LogP contribution in [0.1, 0.15) is 27.6 Å². The summed E-state index contributed by atoms with van der Waals surface area (Å²) in [5.74, 6) is -2.26. The Hall–Kier alpha value is -2.69. The van der Waals surface area contributed by atoms with Gasteiger partial charge >= 0.3 is 11.9 Å². The SMILES string of the molecule is CCOC(=O)c1ccc(-c2cc(F)cc(C(=O)O)c2)cc1. The van der Waals surface area contributed by atoms with Gasteiger partial charge in [-0.15, -0.1) is 0 Å². The van der Waals surface area contributed by atoms with E-state index >= 15 is 0 Å². The van der Waals surface area contributed by atoms with Crippen molar-refractivity contribution in [2.45, 2.75) is 6.92 Å². The van der Waals surface area contributed by atoms with Gasteiger partial charge in [0.05, 0.1) is 17.7 Å². The fourth-order valence-corrected chi connectivity index (χ4v) is 1.89. The van der Waals surface area contributed by atoms with E-state index in [0.717, 1.165) is 6.07 Å². The van der Waals surface area contributed by atoms with Gasteiger partial charge in [-0.2, -0.15) is 0 Å². The molecule has 0 heterocycles. The van der Waals surface area contributed by atoms with Crippen molar-refractivity contribution in [3.8, 4) is 11.1 Å². The molecule has 0 bridgehead atoms. The maximum atomic E-state index is 13.4. The van der Waals surface area contributed by atoms with E-state index < -0.39 is 17.8 Å². The molecule has 0 saturated heterocycles. The average Bonchev–Trinajstić information content (AvgIpc) is 2.47. The third-order valence-electron chi connectivity index (χ3n) is 2.87. The van der Waals surface area contributed by atoms with Crippen LogP contribution < -0.4 is 0 Å². The first kappa shape index (κ1) is 14.7. The number of halogens is 1. The van der Waals surface area contributed by atoms with Crippen molar-refractivity contribution in [2.75, 3.05) is 6.61 Å². The smallest absolute Gasteiger partial charge is 0.338 e. The Morgan fingerprint density at radius 3 is 2.29 bits per heavy atom. The third kappa shape index (κ3) is 3.45. The number of hydrogen-bond acceptors (Lipinski definition) is 3. The number of carboxylic acid groups (broad SMARTS) is 1. The first-order valence-electron chi connectivity index (χ1n) is 6.32.